The van der Waals surface area contributed by atoms with Crippen molar-refractivity contribution in [1.29, 1.82) is 0 Å². The molecular formula is C18H24N2O. The number of Topliss-reactive ketones (excluding diaryl/α,β-unsaturated/α-hetero) is 1. The van der Waals surface area contributed by atoms with Gasteiger partial charge in [0.25, 0.3) is 0 Å². The number of aryl methyl sites for hydroxylation is 1. The summed E-state index contributed by atoms with van der Waals surface area (Å²) in [4.78, 5) is 14.5. The van der Waals surface area contributed by atoms with Crippen LogP contribution in [0.3, 0.4) is 0 Å². The minimum absolute atomic E-state index is 0.201. The van der Waals surface area contributed by atoms with Crippen molar-refractivity contribution in [3.8, 4) is 0 Å². The lowest BCUT2D eigenvalue weighted by Gasteiger charge is -2.15. The molecule has 0 atom stereocenters. The molecule has 1 aromatic carbocycles. The maximum atomic E-state index is 12.4. The zero-order valence-corrected chi connectivity index (χ0v) is 13.4. The number of nitrogens with zero attached hydrogens (tertiary/aromatic N) is 2. The highest BCUT2D eigenvalue weighted by Crippen LogP contribution is 2.14. The zero-order valence-electron chi connectivity index (χ0n) is 13.4. The topological polar surface area (TPSA) is 25.2 Å². The van der Waals surface area contributed by atoms with Crippen LogP contribution >= 0.6 is 0 Å². The van der Waals surface area contributed by atoms with Crippen LogP contribution in [0.4, 0.5) is 0 Å². The lowest BCUT2D eigenvalue weighted by Crippen LogP contribution is -2.28. The Labute approximate surface area is 127 Å². The van der Waals surface area contributed by atoms with Crippen molar-refractivity contribution in [1.82, 2.24) is 9.47 Å². The fraction of sp³-hybridized carbons (Fsp3) is 0.389. The molecular weight excluding hydrogens is 260 g/mol. The molecule has 0 aliphatic rings. The van der Waals surface area contributed by atoms with Gasteiger partial charge >= 0.3 is 0 Å². The lowest BCUT2D eigenvalue weighted by molar-refractivity contribution is 0.0946. The lowest BCUT2D eigenvalue weighted by atomic mass is 10.1. The Morgan fingerprint density at radius 3 is 2.43 bits per heavy atom. The van der Waals surface area contributed by atoms with E-state index in [1.807, 2.05) is 40.1 Å². The first-order valence-corrected chi connectivity index (χ1v) is 7.37. The summed E-state index contributed by atoms with van der Waals surface area (Å²) in [6.45, 7) is 5.39. The molecule has 2 aromatic rings. The smallest absolute Gasteiger partial charge is 0.178 e. The molecule has 21 heavy (non-hydrogen) atoms. The van der Waals surface area contributed by atoms with Gasteiger partial charge in [-0.05, 0) is 38.9 Å². The monoisotopic (exact) mass is 284 g/mol. The van der Waals surface area contributed by atoms with E-state index < -0.39 is 0 Å². The van der Waals surface area contributed by atoms with E-state index in [0.717, 1.165) is 29.9 Å². The highest BCUT2D eigenvalue weighted by atomic mass is 16.1. The number of carbonyl (C=O) groups excluding carboxylic acids is 1. The molecule has 2 rings (SSSR count). The van der Waals surface area contributed by atoms with Crippen LogP contribution in [0.5, 0.6) is 0 Å². The maximum Gasteiger partial charge on any atom is 0.178 e. The number of hydrogen-bond donors (Lipinski definition) is 0. The predicted octanol–water partition coefficient (Wildman–Crippen LogP) is 3.00. The molecule has 0 amide bonds. The Morgan fingerprint density at radius 2 is 1.86 bits per heavy atom. The van der Waals surface area contributed by atoms with Crippen LogP contribution < -0.4 is 0 Å². The van der Waals surface area contributed by atoms with Crippen molar-refractivity contribution < 1.29 is 4.79 Å². The van der Waals surface area contributed by atoms with Crippen molar-refractivity contribution in [2.75, 3.05) is 20.1 Å². The number of hydrogen-bond acceptors (Lipinski definition) is 2. The first-order valence-electron chi connectivity index (χ1n) is 7.37. The summed E-state index contributed by atoms with van der Waals surface area (Å²) in [5, 5.41) is 0. The van der Waals surface area contributed by atoms with Gasteiger partial charge in [-0.1, -0.05) is 30.3 Å². The summed E-state index contributed by atoms with van der Waals surface area (Å²) in [7, 11) is 4.01. The number of ketones is 1. The van der Waals surface area contributed by atoms with E-state index >= 15 is 0 Å². The average molecular weight is 284 g/mol. The molecule has 0 fully saturated rings. The summed E-state index contributed by atoms with van der Waals surface area (Å²) < 4.78 is 2.07. The summed E-state index contributed by atoms with van der Waals surface area (Å²) >= 11 is 0. The Morgan fingerprint density at radius 1 is 1.19 bits per heavy atom. The maximum absolute atomic E-state index is 12.4. The Kier molecular flexibility index (Phi) is 4.97. The van der Waals surface area contributed by atoms with E-state index in [1.54, 1.807) is 0 Å². The van der Waals surface area contributed by atoms with Crippen LogP contribution in [0, 0.1) is 13.8 Å². The fourth-order valence-corrected chi connectivity index (χ4v) is 2.51. The number of carbonyl (C=O) groups is 1. The van der Waals surface area contributed by atoms with Crippen LogP contribution in [0.25, 0.3) is 0 Å². The van der Waals surface area contributed by atoms with Gasteiger partial charge in [-0.2, -0.15) is 0 Å². The third-order valence-corrected chi connectivity index (χ3v) is 4.11. The molecule has 0 saturated heterocycles. The molecule has 1 aromatic heterocycles. The van der Waals surface area contributed by atoms with Crippen LogP contribution in [0.1, 0.15) is 27.3 Å². The van der Waals surface area contributed by atoms with Crippen LogP contribution in [-0.2, 0) is 13.5 Å². The largest absolute Gasteiger partial charge is 0.351 e. The van der Waals surface area contributed by atoms with Crippen molar-refractivity contribution in [2.45, 2.75) is 20.3 Å². The first kappa shape index (κ1) is 15.5. The Bertz CT molecular complexity index is 614. The van der Waals surface area contributed by atoms with Gasteiger partial charge in [-0.3, -0.25) is 9.69 Å². The van der Waals surface area contributed by atoms with Crippen LogP contribution in [0.2, 0.25) is 0 Å². The molecule has 0 spiro atoms. The van der Waals surface area contributed by atoms with E-state index in [9.17, 15) is 4.79 Å². The molecule has 0 aliphatic heterocycles. The standard InChI is InChI=1S/C18H24N2O/c1-14-12-17(15(2)20(14)4)18(21)13-19(3)11-10-16-8-6-5-7-9-16/h5-9,12H,10-11,13H2,1-4H3. The van der Waals surface area contributed by atoms with E-state index in [2.05, 4.69) is 33.7 Å². The van der Waals surface area contributed by atoms with E-state index in [1.165, 1.54) is 5.56 Å². The van der Waals surface area contributed by atoms with Gasteiger partial charge in [0.05, 0.1) is 6.54 Å². The normalized spacial score (nSPS) is 11.1. The van der Waals surface area contributed by atoms with Gasteiger partial charge in [-0.15, -0.1) is 0 Å². The summed E-state index contributed by atoms with van der Waals surface area (Å²) in [6, 6.07) is 12.4. The van der Waals surface area contributed by atoms with Gasteiger partial charge < -0.3 is 4.57 Å². The minimum Gasteiger partial charge on any atom is -0.351 e. The highest BCUT2D eigenvalue weighted by Gasteiger charge is 2.15. The van der Waals surface area contributed by atoms with Gasteiger partial charge in [0.2, 0.25) is 0 Å². The summed E-state index contributed by atoms with van der Waals surface area (Å²) in [5.74, 6) is 0.201. The van der Waals surface area contributed by atoms with E-state index in [0.29, 0.717) is 6.54 Å². The second-order valence-corrected chi connectivity index (χ2v) is 5.74. The summed E-state index contributed by atoms with van der Waals surface area (Å²) in [6.07, 6.45) is 0.970. The molecule has 3 heteroatoms. The molecule has 0 N–H and O–H groups in total. The molecule has 1 heterocycles. The number of rotatable bonds is 6. The Hall–Kier alpha value is -1.87. The fourth-order valence-electron chi connectivity index (χ4n) is 2.51. The first-order chi connectivity index (χ1) is 9.99. The second kappa shape index (κ2) is 6.72. The van der Waals surface area contributed by atoms with Gasteiger partial charge in [-0.25, -0.2) is 0 Å². The van der Waals surface area contributed by atoms with E-state index in [4.69, 9.17) is 0 Å². The molecule has 0 unspecified atom stereocenters. The van der Waals surface area contributed by atoms with Gasteiger partial charge in [0.1, 0.15) is 0 Å². The molecule has 0 saturated carbocycles. The molecule has 0 bridgehead atoms. The third-order valence-electron chi connectivity index (χ3n) is 4.11. The van der Waals surface area contributed by atoms with Crippen LogP contribution in [0.15, 0.2) is 36.4 Å². The highest BCUT2D eigenvalue weighted by molar-refractivity contribution is 5.99. The van der Waals surface area contributed by atoms with Crippen molar-refractivity contribution in [3.05, 3.63) is 58.9 Å². The quantitative estimate of drug-likeness (QED) is 0.762. The molecule has 0 aliphatic carbocycles. The van der Waals surface area contributed by atoms with Crippen molar-refractivity contribution in [3.63, 3.8) is 0 Å². The van der Waals surface area contributed by atoms with Crippen molar-refractivity contribution in [2.24, 2.45) is 7.05 Å². The Balaban J connectivity index is 1.91. The predicted molar refractivity (Wildman–Crippen MR) is 86.9 cm³/mol. The minimum atomic E-state index is 0.201. The molecule has 3 nitrogen and oxygen atoms in total. The third kappa shape index (κ3) is 3.82. The number of benzene rings is 1. The SMILES string of the molecule is Cc1cc(C(=O)CN(C)CCc2ccccc2)c(C)n1C. The van der Waals surface area contributed by atoms with Crippen molar-refractivity contribution >= 4 is 5.78 Å². The second-order valence-electron chi connectivity index (χ2n) is 5.74. The number of aromatic nitrogens is 1. The molecule has 0 radical (unpaired) electrons. The average Bonchev–Trinajstić information content (AvgIpc) is 2.74. The van der Waals surface area contributed by atoms with Gasteiger partial charge in [0, 0.05) is 30.5 Å². The molecule has 112 valence electrons. The van der Waals surface area contributed by atoms with E-state index in [-0.39, 0.29) is 5.78 Å². The van der Waals surface area contributed by atoms with Crippen LogP contribution in [-0.4, -0.2) is 35.4 Å². The zero-order chi connectivity index (χ0) is 15.4. The van der Waals surface area contributed by atoms with Gasteiger partial charge in [0.15, 0.2) is 5.78 Å². The number of likely N-dealkylation sites (N-methyl/N-ethyl adjacent to an activating group) is 1. The summed E-state index contributed by atoms with van der Waals surface area (Å²) in [5.41, 5.74) is 4.34.